The van der Waals surface area contributed by atoms with Crippen LogP contribution in [0.2, 0.25) is 0 Å². The lowest BCUT2D eigenvalue weighted by Gasteiger charge is -2.43. The lowest BCUT2D eigenvalue weighted by Crippen LogP contribution is -2.49. The number of aromatic nitrogens is 2. The molecular formula is C21H24F3N3O2. The van der Waals surface area contributed by atoms with Crippen LogP contribution in [0.4, 0.5) is 13.2 Å². The zero-order valence-electron chi connectivity index (χ0n) is 16.3. The molecular weight excluding hydrogens is 383 g/mol. The molecule has 0 N–H and O–H groups in total. The number of alkyl halides is 3. The lowest BCUT2D eigenvalue weighted by atomic mass is 9.78. The molecule has 2 fully saturated rings. The third kappa shape index (κ3) is 3.84. The molecule has 0 radical (unpaired) electrons. The number of methoxy groups -OCH3 is 1. The number of hydrogen-bond acceptors (Lipinski definition) is 3. The van der Waals surface area contributed by atoms with Crippen LogP contribution in [0.5, 0.6) is 5.75 Å². The van der Waals surface area contributed by atoms with E-state index >= 15 is 0 Å². The molecule has 0 spiro atoms. The number of likely N-dealkylation sites (tertiary alicyclic amines) is 1. The van der Waals surface area contributed by atoms with E-state index in [2.05, 4.69) is 5.10 Å². The van der Waals surface area contributed by atoms with Crippen molar-refractivity contribution in [3.63, 3.8) is 0 Å². The lowest BCUT2D eigenvalue weighted by molar-refractivity contribution is -0.137. The second-order valence-corrected chi connectivity index (χ2v) is 7.79. The maximum Gasteiger partial charge on any atom is 0.416 e. The van der Waals surface area contributed by atoms with E-state index in [9.17, 15) is 18.0 Å². The maximum absolute atomic E-state index is 13.3. The standard InChI is InChI=1S/C21H24F3N3O2/c1-29-18-13-27(16-9-4-8-15(12-16)21(22,23)24)25-19(18)20(28)26-11-5-7-14-6-2-3-10-17(14)26/h4,8-9,12-14,17H,2-3,5-7,10-11H2,1H3/t14-,17+/m1/s1. The monoisotopic (exact) mass is 407 g/mol. The number of carbonyl (C=O) groups excluding carboxylic acids is 1. The highest BCUT2D eigenvalue weighted by Gasteiger charge is 2.38. The van der Waals surface area contributed by atoms with Gasteiger partial charge in [-0.1, -0.05) is 18.9 Å². The normalized spacial score (nSPS) is 22.3. The van der Waals surface area contributed by atoms with Crippen molar-refractivity contribution in [2.45, 2.75) is 50.7 Å². The van der Waals surface area contributed by atoms with E-state index < -0.39 is 11.7 Å². The number of nitrogens with zero attached hydrogens (tertiary/aromatic N) is 3. The highest BCUT2D eigenvalue weighted by atomic mass is 19.4. The van der Waals surface area contributed by atoms with E-state index in [0.717, 1.165) is 44.2 Å². The minimum atomic E-state index is -4.45. The number of halogens is 3. The molecule has 2 heterocycles. The zero-order valence-corrected chi connectivity index (χ0v) is 16.3. The number of benzene rings is 1. The summed E-state index contributed by atoms with van der Waals surface area (Å²) in [7, 11) is 1.43. The summed E-state index contributed by atoms with van der Waals surface area (Å²) in [5.41, 5.74) is -0.388. The molecule has 1 aromatic heterocycles. The number of ether oxygens (including phenoxy) is 1. The van der Waals surface area contributed by atoms with E-state index in [4.69, 9.17) is 4.74 Å². The Morgan fingerprint density at radius 2 is 1.93 bits per heavy atom. The van der Waals surface area contributed by atoms with Crippen LogP contribution >= 0.6 is 0 Å². The van der Waals surface area contributed by atoms with Gasteiger partial charge in [0.1, 0.15) is 0 Å². The molecule has 1 aromatic carbocycles. The number of hydrogen-bond donors (Lipinski definition) is 0. The van der Waals surface area contributed by atoms with Gasteiger partial charge in [-0.2, -0.15) is 18.3 Å². The Kier molecular flexibility index (Phi) is 5.27. The molecule has 156 valence electrons. The fourth-order valence-corrected chi connectivity index (χ4v) is 4.63. The third-order valence-electron chi connectivity index (χ3n) is 6.05. The van der Waals surface area contributed by atoms with Crippen molar-refractivity contribution in [3.05, 3.63) is 41.7 Å². The summed E-state index contributed by atoms with van der Waals surface area (Å²) in [6, 6.07) is 5.08. The van der Waals surface area contributed by atoms with Gasteiger partial charge in [-0.05, 0) is 49.8 Å². The Hall–Kier alpha value is -2.51. The summed E-state index contributed by atoms with van der Waals surface area (Å²) in [6.07, 6.45) is 3.57. The number of piperidine rings is 1. The van der Waals surface area contributed by atoms with Crippen LogP contribution in [-0.2, 0) is 6.18 Å². The highest BCUT2D eigenvalue weighted by Crippen LogP contribution is 2.37. The smallest absolute Gasteiger partial charge is 0.416 e. The maximum atomic E-state index is 13.3. The van der Waals surface area contributed by atoms with Crippen LogP contribution in [0.25, 0.3) is 5.69 Å². The highest BCUT2D eigenvalue weighted by molar-refractivity contribution is 5.95. The summed E-state index contributed by atoms with van der Waals surface area (Å²) in [6.45, 7) is 0.680. The Labute approximate surface area is 167 Å². The average Bonchev–Trinajstić information content (AvgIpc) is 3.17. The Morgan fingerprint density at radius 1 is 1.17 bits per heavy atom. The molecule has 1 saturated carbocycles. The predicted molar refractivity (Wildman–Crippen MR) is 101 cm³/mol. The molecule has 2 atom stereocenters. The first-order valence-corrected chi connectivity index (χ1v) is 10.0. The Morgan fingerprint density at radius 3 is 2.69 bits per heavy atom. The van der Waals surface area contributed by atoms with Crippen molar-refractivity contribution < 1.29 is 22.7 Å². The van der Waals surface area contributed by atoms with Gasteiger partial charge in [0.2, 0.25) is 0 Å². The van der Waals surface area contributed by atoms with Crippen LogP contribution in [0, 0.1) is 5.92 Å². The van der Waals surface area contributed by atoms with Crippen LogP contribution in [-0.4, -0.2) is 40.3 Å². The van der Waals surface area contributed by atoms with Crippen molar-refractivity contribution in [1.29, 1.82) is 0 Å². The van der Waals surface area contributed by atoms with Crippen molar-refractivity contribution >= 4 is 5.91 Å². The number of rotatable bonds is 3. The van der Waals surface area contributed by atoms with Crippen molar-refractivity contribution in [1.82, 2.24) is 14.7 Å². The molecule has 8 heteroatoms. The SMILES string of the molecule is COc1cn(-c2cccc(C(F)(F)F)c2)nc1C(=O)N1CCC[C@H]2CCCC[C@@H]21. The van der Waals surface area contributed by atoms with E-state index in [-0.39, 0.29) is 29.1 Å². The molecule has 5 nitrogen and oxygen atoms in total. The molecule has 2 aromatic rings. The summed E-state index contributed by atoms with van der Waals surface area (Å²) in [4.78, 5) is 15.2. The molecule has 0 bridgehead atoms. The van der Waals surface area contributed by atoms with Crippen LogP contribution in [0.1, 0.15) is 54.6 Å². The number of fused-ring (bicyclic) bond motifs is 1. The molecule has 1 amide bonds. The number of carbonyl (C=O) groups is 1. The van der Waals surface area contributed by atoms with Gasteiger partial charge in [0.25, 0.3) is 5.91 Å². The molecule has 1 aliphatic heterocycles. The summed E-state index contributed by atoms with van der Waals surface area (Å²) < 4.78 is 45.8. The minimum absolute atomic E-state index is 0.149. The van der Waals surface area contributed by atoms with E-state index in [1.54, 1.807) is 0 Å². The van der Waals surface area contributed by atoms with Crippen molar-refractivity contribution in [3.8, 4) is 11.4 Å². The van der Waals surface area contributed by atoms with Gasteiger partial charge in [0, 0.05) is 12.6 Å². The van der Waals surface area contributed by atoms with Gasteiger partial charge in [0.15, 0.2) is 11.4 Å². The van der Waals surface area contributed by atoms with Crippen molar-refractivity contribution in [2.24, 2.45) is 5.92 Å². The molecule has 4 rings (SSSR count). The van der Waals surface area contributed by atoms with E-state index in [1.807, 2.05) is 4.90 Å². The predicted octanol–water partition coefficient (Wildman–Crippen LogP) is 4.69. The molecule has 1 aliphatic carbocycles. The Bertz CT molecular complexity index is 892. The Balaban J connectivity index is 1.65. The van der Waals surface area contributed by atoms with E-state index in [0.29, 0.717) is 12.5 Å². The molecule has 2 aliphatic rings. The minimum Gasteiger partial charge on any atom is -0.493 e. The van der Waals surface area contributed by atoms with Gasteiger partial charge in [-0.15, -0.1) is 0 Å². The first-order chi connectivity index (χ1) is 13.9. The van der Waals surface area contributed by atoms with Crippen molar-refractivity contribution in [2.75, 3.05) is 13.7 Å². The number of amides is 1. The van der Waals surface area contributed by atoms with Crippen LogP contribution in [0.3, 0.4) is 0 Å². The topological polar surface area (TPSA) is 47.4 Å². The van der Waals surface area contributed by atoms with Gasteiger partial charge in [-0.25, -0.2) is 4.68 Å². The summed E-state index contributed by atoms with van der Waals surface area (Å²) in [5, 5.41) is 4.32. The van der Waals surface area contributed by atoms with Gasteiger partial charge >= 0.3 is 6.18 Å². The zero-order chi connectivity index (χ0) is 20.6. The second kappa shape index (κ2) is 7.72. The largest absolute Gasteiger partial charge is 0.493 e. The quantitative estimate of drug-likeness (QED) is 0.741. The molecule has 1 saturated heterocycles. The fraction of sp³-hybridized carbons (Fsp3) is 0.524. The van der Waals surface area contributed by atoms with Gasteiger partial charge in [-0.3, -0.25) is 4.79 Å². The van der Waals surface area contributed by atoms with Gasteiger partial charge < -0.3 is 9.64 Å². The van der Waals surface area contributed by atoms with Gasteiger partial charge in [0.05, 0.1) is 24.6 Å². The average molecular weight is 407 g/mol. The molecule has 0 unspecified atom stereocenters. The van der Waals surface area contributed by atoms with Crippen LogP contribution < -0.4 is 4.74 Å². The van der Waals surface area contributed by atoms with Crippen LogP contribution in [0.15, 0.2) is 30.5 Å². The van der Waals surface area contributed by atoms with E-state index in [1.165, 1.54) is 36.5 Å². The second-order valence-electron chi connectivity index (χ2n) is 7.79. The third-order valence-corrected chi connectivity index (χ3v) is 6.05. The first kappa shape index (κ1) is 19.8. The fourth-order valence-electron chi connectivity index (χ4n) is 4.63. The first-order valence-electron chi connectivity index (χ1n) is 10.0. The molecule has 29 heavy (non-hydrogen) atoms. The summed E-state index contributed by atoms with van der Waals surface area (Å²) >= 11 is 0. The summed E-state index contributed by atoms with van der Waals surface area (Å²) in [5.74, 6) is 0.590.